The first-order valence-electron chi connectivity index (χ1n) is 7.12. The number of hydrogen-bond donors (Lipinski definition) is 3. The van der Waals surface area contributed by atoms with Crippen molar-refractivity contribution >= 4 is 17.5 Å². The first kappa shape index (κ1) is 14.2. The Balaban J connectivity index is 1.66. The van der Waals surface area contributed by atoms with E-state index >= 15 is 0 Å². The van der Waals surface area contributed by atoms with Crippen molar-refractivity contribution in [1.29, 1.82) is 5.26 Å². The highest BCUT2D eigenvalue weighted by Crippen LogP contribution is 2.16. The Bertz CT molecular complexity index is 657. The van der Waals surface area contributed by atoms with Gasteiger partial charge in [-0.15, -0.1) is 0 Å². The summed E-state index contributed by atoms with van der Waals surface area (Å²) in [7, 11) is 0. The number of piperidine rings is 1. The molecule has 0 radical (unpaired) electrons. The summed E-state index contributed by atoms with van der Waals surface area (Å²) in [4.78, 5) is 16.5. The average Bonchev–Trinajstić information content (AvgIpc) is 2.57. The second kappa shape index (κ2) is 6.78. The van der Waals surface area contributed by atoms with Crippen LogP contribution in [0.25, 0.3) is 0 Å². The summed E-state index contributed by atoms with van der Waals surface area (Å²) >= 11 is 0. The smallest absolute Gasteiger partial charge is 0.158 e. The lowest BCUT2D eigenvalue weighted by atomic mass is 10.1. The van der Waals surface area contributed by atoms with E-state index in [1.54, 1.807) is 0 Å². The molecule has 2 aromatic heterocycles. The Morgan fingerprint density at radius 1 is 1.05 bits per heavy atom. The minimum Gasteiger partial charge on any atom is -0.367 e. The lowest BCUT2D eigenvalue weighted by molar-refractivity contribution is 0.478. The summed E-state index contributed by atoms with van der Waals surface area (Å²) in [6.07, 6.45) is 6.57. The third kappa shape index (κ3) is 3.65. The van der Waals surface area contributed by atoms with Crippen LogP contribution in [-0.2, 0) is 0 Å². The fraction of sp³-hybridized carbons (Fsp3) is 0.357. The molecule has 0 bridgehead atoms. The summed E-state index contributed by atoms with van der Waals surface area (Å²) in [6, 6.07) is 4.20. The van der Waals surface area contributed by atoms with Crippen molar-refractivity contribution in [3.05, 3.63) is 30.5 Å². The molecule has 1 saturated heterocycles. The van der Waals surface area contributed by atoms with E-state index in [9.17, 15) is 0 Å². The van der Waals surface area contributed by atoms with Crippen molar-refractivity contribution in [3.8, 4) is 6.07 Å². The fourth-order valence-corrected chi connectivity index (χ4v) is 2.26. The number of nitrogens with one attached hydrogen (secondary N) is 3. The van der Waals surface area contributed by atoms with Gasteiger partial charge in [0, 0.05) is 12.1 Å². The molecule has 3 rings (SSSR count). The third-order valence-electron chi connectivity index (χ3n) is 3.38. The molecular formula is C14H16N8. The molecule has 0 aliphatic carbocycles. The fourth-order valence-electron chi connectivity index (χ4n) is 2.26. The van der Waals surface area contributed by atoms with Crippen LogP contribution in [-0.4, -0.2) is 39.1 Å². The van der Waals surface area contributed by atoms with Crippen LogP contribution < -0.4 is 16.0 Å². The maximum atomic E-state index is 8.70. The van der Waals surface area contributed by atoms with E-state index in [4.69, 9.17) is 5.26 Å². The van der Waals surface area contributed by atoms with Crippen LogP contribution in [0.5, 0.6) is 0 Å². The second-order valence-corrected chi connectivity index (χ2v) is 4.98. The molecule has 0 saturated carbocycles. The normalized spacial score (nSPS) is 15.0. The predicted molar refractivity (Wildman–Crippen MR) is 81.6 cm³/mol. The van der Waals surface area contributed by atoms with Crippen LogP contribution >= 0.6 is 0 Å². The van der Waals surface area contributed by atoms with Gasteiger partial charge in [-0.2, -0.15) is 5.26 Å². The quantitative estimate of drug-likeness (QED) is 0.767. The first-order valence-corrected chi connectivity index (χ1v) is 7.12. The first-order chi connectivity index (χ1) is 10.8. The molecule has 1 aliphatic rings. The topological polar surface area (TPSA) is 111 Å². The monoisotopic (exact) mass is 296 g/mol. The van der Waals surface area contributed by atoms with Crippen molar-refractivity contribution in [2.75, 3.05) is 23.7 Å². The van der Waals surface area contributed by atoms with Gasteiger partial charge in [0.2, 0.25) is 0 Å². The molecule has 1 aliphatic heterocycles. The highest BCUT2D eigenvalue weighted by Gasteiger charge is 2.13. The Kier molecular flexibility index (Phi) is 4.36. The summed E-state index contributed by atoms with van der Waals surface area (Å²) in [5.41, 5.74) is 0.279. The lowest BCUT2D eigenvalue weighted by Crippen LogP contribution is -2.35. The van der Waals surface area contributed by atoms with Crippen LogP contribution in [0.4, 0.5) is 17.5 Å². The van der Waals surface area contributed by atoms with E-state index < -0.39 is 0 Å². The molecule has 0 amide bonds. The zero-order valence-electron chi connectivity index (χ0n) is 12.0. The number of nitriles is 1. The van der Waals surface area contributed by atoms with Crippen LogP contribution in [0.2, 0.25) is 0 Å². The number of aromatic nitrogens is 4. The van der Waals surface area contributed by atoms with E-state index in [2.05, 4.69) is 35.9 Å². The van der Waals surface area contributed by atoms with Gasteiger partial charge in [0.25, 0.3) is 0 Å². The second-order valence-electron chi connectivity index (χ2n) is 4.98. The lowest BCUT2D eigenvalue weighted by Gasteiger charge is -2.24. The van der Waals surface area contributed by atoms with Crippen LogP contribution in [0.15, 0.2) is 24.8 Å². The van der Waals surface area contributed by atoms with Crippen LogP contribution in [0.3, 0.4) is 0 Å². The number of anilines is 3. The zero-order valence-corrected chi connectivity index (χ0v) is 12.0. The molecule has 0 atom stereocenters. The van der Waals surface area contributed by atoms with Gasteiger partial charge in [0.15, 0.2) is 5.69 Å². The molecule has 22 heavy (non-hydrogen) atoms. The van der Waals surface area contributed by atoms with Gasteiger partial charge in [-0.05, 0) is 25.9 Å². The van der Waals surface area contributed by atoms with Crippen LogP contribution in [0, 0.1) is 11.3 Å². The molecular weight excluding hydrogens is 280 g/mol. The van der Waals surface area contributed by atoms with Crippen LogP contribution in [0.1, 0.15) is 18.5 Å². The molecule has 2 aromatic rings. The predicted octanol–water partition coefficient (Wildman–Crippen LogP) is 1.05. The van der Waals surface area contributed by atoms with Gasteiger partial charge in [0.05, 0.1) is 12.4 Å². The van der Waals surface area contributed by atoms with Crippen molar-refractivity contribution in [3.63, 3.8) is 0 Å². The van der Waals surface area contributed by atoms with E-state index in [1.807, 2.05) is 12.1 Å². The summed E-state index contributed by atoms with van der Waals surface area (Å²) in [6.45, 7) is 2.05. The van der Waals surface area contributed by atoms with Gasteiger partial charge in [-0.25, -0.2) is 19.9 Å². The number of rotatable bonds is 4. The highest BCUT2D eigenvalue weighted by molar-refractivity contribution is 5.55. The van der Waals surface area contributed by atoms with Gasteiger partial charge >= 0.3 is 0 Å². The van der Waals surface area contributed by atoms with Crippen molar-refractivity contribution < 1.29 is 0 Å². The molecule has 3 N–H and O–H groups in total. The van der Waals surface area contributed by atoms with Crippen molar-refractivity contribution in [2.24, 2.45) is 0 Å². The molecule has 112 valence electrons. The average molecular weight is 296 g/mol. The molecule has 3 heterocycles. The molecule has 0 aromatic carbocycles. The van der Waals surface area contributed by atoms with Gasteiger partial charge in [-0.1, -0.05) is 0 Å². The molecule has 0 unspecified atom stereocenters. The molecule has 1 fully saturated rings. The summed E-state index contributed by atoms with van der Waals surface area (Å²) in [5, 5.41) is 18.5. The largest absolute Gasteiger partial charge is 0.367 e. The SMILES string of the molecule is N#Cc1cnc(Nc2cc(NC3CCNCC3)ncn2)cn1. The Morgan fingerprint density at radius 2 is 1.86 bits per heavy atom. The molecule has 8 heteroatoms. The van der Waals surface area contributed by atoms with E-state index in [1.165, 1.54) is 18.7 Å². The number of hydrogen-bond acceptors (Lipinski definition) is 8. The summed E-state index contributed by atoms with van der Waals surface area (Å²) in [5.74, 6) is 1.95. The number of nitrogens with zero attached hydrogens (tertiary/aromatic N) is 5. The zero-order chi connectivity index (χ0) is 15.2. The van der Waals surface area contributed by atoms with Gasteiger partial charge in [0.1, 0.15) is 29.9 Å². The third-order valence-corrected chi connectivity index (χ3v) is 3.38. The van der Waals surface area contributed by atoms with Gasteiger partial charge < -0.3 is 16.0 Å². The summed E-state index contributed by atoms with van der Waals surface area (Å²) < 4.78 is 0. The maximum Gasteiger partial charge on any atom is 0.158 e. The molecule has 8 nitrogen and oxygen atoms in total. The standard InChI is InChI=1S/C14H16N8/c15-6-11-7-18-14(8-17-11)22-13-5-12(19-9-20-13)21-10-1-3-16-4-2-10/h5,7-10,16H,1-4H2,(H2,18,19,20,21,22). The minimum atomic E-state index is 0.279. The Morgan fingerprint density at radius 3 is 2.59 bits per heavy atom. The minimum absolute atomic E-state index is 0.279. The van der Waals surface area contributed by atoms with Crippen molar-refractivity contribution in [2.45, 2.75) is 18.9 Å². The molecule has 0 spiro atoms. The highest BCUT2D eigenvalue weighted by atomic mass is 15.1. The van der Waals surface area contributed by atoms with Crippen molar-refractivity contribution in [1.82, 2.24) is 25.3 Å². The van der Waals surface area contributed by atoms with Gasteiger partial charge in [-0.3, -0.25) is 0 Å². The van der Waals surface area contributed by atoms with E-state index in [0.717, 1.165) is 31.7 Å². The van der Waals surface area contributed by atoms with E-state index in [0.29, 0.717) is 17.7 Å². The Labute approximate surface area is 128 Å². The van der Waals surface area contributed by atoms with E-state index in [-0.39, 0.29) is 5.69 Å². The maximum absolute atomic E-state index is 8.70. The Hall–Kier alpha value is -2.79.